The Hall–Kier alpha value is -0.730. The molecule has 1 amide bonds. The average Bonchev–Trinajstić information content (AvgIpc) is 2.18. The van der Waals surface area contributed by atoms with Crippen molar-refractivity contribution in [3.8, 4) is 0 Å². The fourth-order valence-corrected chi connectivity index (χ4v) is 1.49. The number of nitrogens with one attached hydrogen (secondary N) is 1. The van der Waals surface area contributed by atoms with Crippen LogP contribution in [-0.2, 0) is 9.53 Å². The van der Waals surface area contributed by atoms with Gasteiger partial charge in [0, 0.05) is 6.92 Å². The Balaban J connectivity index is 2.70. The first-order valence-electron chi connectivity index (χ1n) is 4.55. The normalized spacial score (nSPS) is 41.3. The molecule has 1 rings (SSSR count). The lowest BCUT2D eigenvalue weighted by molar-refractivity contribution is -0.253. The molecule has 15 heavy (non-hydrogen) atoms. The van der Waals surface area contributed by atoms with E-state index in [0.717, 1.165) is 0 Å². The minimum atomic E-state index is -1.45. The molecule has 1 heterocycles. The van der Waals surface area contributed by atoms with Crippen molar-refractivity contribution in [3.63, 3.8) is 0 Å². The van der Waals surface area contributed by atoms with Gasteiger partial charge in [0.1, 0.15) is 24.4 Å². The molecule has 5 N–H and O–H groups in total. The number of hydrogen-bond donors (Lipinski definition) is 5. The first-order chi connectivity index (χ1) is 6.97. The second-order valence-corrected chi connectivity index (χ2v) is 3.46. The third-order valence-corrected chi connectivity index (χ3v) is 2.27. The zero-order valence-corrected chi connectivity index (χ0v) is 8.20. The maximum Gasteiger partial charge on any atom is 0.217 e. The molecule has 1 aliphatic heterocycles. The molecule has 0 unspecified atom stereocenters. The van der Waals surface area contributed by atoms with Crippen LogP contribution in [0.1, 0.15) is 6.92 Å². The second kappa shape index (κ2) is 4.86. The van der Waals surface area contributed by atoms with E-state index in [2.05, 4.69) is 5.32 Å². The van der Waals surface area contributed by atoms with Crippen LogP contribution in [-0.4, -0.2) is 63.6 Å². The van der Waals surface area contributed by atoms with E-state index >= 15 is 0 Å². The average molecular weight is 221 g/mol. The molecule has 7 heteroatoms. The van der Waals surface area contributed by atoms with Crippen LogP contribution in [0.15, 0.2) is 0 Å². The summed E-state index contributed by atoms with van der Waals surface area (Å²) in [5.41, 5.74) is 0. The van der Waals surface area contributed by atoms with Crippen LogP contribution in [0, 0.1) is 0 Å². The van der Waals surface area contributed by atoms with Crippen LogP contribution < -0.4 is 5.32 Å². The number of rotatable bonds is 2. The summed E-state index contributed by atoms with van der Waals surface area (Å²) in [6.07, 6.45) is -5.24. The van der Waals surface area contributed by atoms with Crippen molar-refractivity contribution >= 4 is 5.91 Å². The Bertz CT molecular complexity index is 235. The van der Waals surface area contributed by atoms with E-state index in [9.17, 15) is 20.1 Å². The topological polar surface area (TPSA) is 119 Å². The highest BCUT2D eigenvalue weighted by molar-refractivity contribution is 5.73. The van der Waals surface area contributed by atoms with Gasteiger partial charge in [0.15, 0.2) is 6.29 Å². The van der Waals surface area contributed by atoms with Crippen molar-refractivity contribution < 1.29 is 30.0 Å². The van der Waals surface area contributed by atoms with E-state index < -0.39 is 43.2 Å². The molecule has 0 saturated carbocycles. The molecule has 0 radical (unpaired) electrons. The van der Waals surface area contributed by atoms with Gasteiger partial charge in [-0.2, -0.15) is 0 Å². The monoisotopic (exact) mass is 221 g/mol. The Morgan fingerprint density at radius 2 is 1.93 bits per heavy atom. The van der Waals surface area contributed by atoms with Crippen molar-refractivity contribution in [1.29, 1.82) is 0 Å². The van der Waals surface area contributed by atoms with Crippen molar-refractivity contribution in [2.75, 3.05) is 6.61 Å². The van der Waals surface area contributed by atoms with Crippen LogP contribution in [0.25, 0.3) is 0 Å². The highest BCUT2D eigenvalue weighted by Crippen LogP contribution is 2.19. The first-order valence-corrected chi connectivity index (χ1v) is 4.55. The minimum absolute atomic E-state index is 0.462. The number of aliphatic hydroxyl groups excluding tert-OH is 4. The van der Waals surface area contributed by atoms with Gasteiger partial charge < -0.3 is 30.5 Å². The highest BCUT2D eigenvalue weighted by atomic mass is 16.6. The van der Waals surface area contributed by atoms with Gasteiger partial charge in [0.2, 0.25) is 5.91 Å². The second-order valence-electron chi connectivity index (χ2n) is 3.46. The lowest BCUT2D eigenvalue weighted by atomic mass is 9.97. The third-order valence-electron chi connectivity index (χ3n) is 2.27. The maximum atomic E-state index is 10.7. The Morgan fingerprint density at radius 3 is 2.40 bits per heavy atom. The van der Waals surface area contributed by atoms with Gasteiger partial charge >= 0.3 is 0 Å². The lowest BCUT2D eigenvalue weighted by Crippen LogP contribution is -2.63. The number of aliphatic hydroxyl groups is 4. The SMILES string of the molecule is CC(=O)N[C@H]1[C@H](O)[C@@H](O)[C@@H](CO)O[C@H]1O. The van der Waals surface area contributed by atoms with E-state index in [1.165, 1.54) is 6.92 Å². The highest BCUT2D eigenvalue weighted by Gasteiger charge is 2.43. The molecule has 0 aromatic heterocycles. The van der Waals surface area contributed by atoms with Crippen molar-refractivity contribution in [3.05, 3.63) is 0 Å². The number of carbonyl (C=O) groups excluding carboxylic acids is 1. The number of amides is 1. The summed E-state index contributed by atoms with van der Waals surface area (Å²) >= 11 is 0. The van der Waals surface area contributed by atoms with Crippen LogP contribution in [0.3, 0.4) is 0 Å². The van der Waals surface area contributed by atoms with Crippen molar-refractivity contribution in [2.45, 2.75) is 37.6 Å². The molecule has 88 valence electrons. The minimum Gasteiger partial charge on any atom is -0.394 e. The summed E-state index contributed by atoms with van der Waals surface area (Å²) in [5.74, 6) is -0.462. The molecule has 0 bridgehead atoms. The Morgan fingerprint density at radius 1 is 1.33 bits per heavy atom. The van der Waals surface area contributed by atoms with E-state index in [-0.39, 0.29) is 0 Å². The van der Waals surface area contributed by atoms with E-state index in [4.69, 9.17) is 9.84 Å². The van der Waals surface area contributed by atoms with E-state index in [1.807, 2.05) is 0 Å². The molecule has 1 saturated heterocycles. The van der Waals surface area contributed by atoms with Gasteiger partial charge in [0.25, 0.3) is 0 Å². The molecule has 1 aliphatic rings. The van der Waals surface area contributed by atoms with Gasteiger partial charge in [0.05, 0.1) is 6.61 Å². The third kappa shape index (κ3) is 2.64. The molecular formula is C8H15NO6. The van der Waals surface area contributed by atoms with Gasteiger partial charge in [-0.25, -0.2) is 0 Å². The molecule has 0 aromatic carbocycles. The van der Waals surface area contributed by atoms with Gasteiger partial charge in [-0.1, -0.05) is 0 Å². The molecule has 5 atom stereocenters. The predicted molar refractivity (Wildman–Crippen MR) is 47.6 cm³/mol. The summed E-state index contributed by atoms with van der Waals surface area (Å²) in [6, 6.07) is -1.10. The predicted octanol–water partition coefficient (Wildman–Crippen LogP) is -3.08. The zero-order valence-electron chi connectivity index (χ0n) is 8.20. The largest absolute Gasteiger partial charge is 0.394 e. The molecule has 0 aromatic rings. The summed E-state index contributed by atoms with van der Waals surface area (Å²) < 4.78 is 4.81. The maximum absolute atomic E-state index is 10.7. The van der Waals surface area contributed by atoms with Crippen molar-refractivity contribution in [2.24, 2.45) is 0 Å². The van der Waals surface area contributed by atoms with Crippen LogP contribution in [0.2, 0.25) is 0 Å². The van der Waals surface area contributed by atoms with Crippen LogP contribution in [0.5, 0.6) is 0 Å². The summed E-state index contributed by atoms with van der Waals surface area (Å²) in [5, 5.41) is 39.4. The molecular weight excluding hydrogens is 206 g/mol. The number of carbonyl (C=O) groups is 1. The van der Waals surface area contributed by atoms with Crippen molar-refractivity contribution in [1.82, 2.24) is 5.32 Å². The van der Waals surface area contributed by atoms with Crippen LogP contribution in [0.4, 0.5) is 0 Å². The first kappa shape index (κ1) is 12.3. The summed E-state index contributed by atoms with van der Waals surface area (Å²) in [4.78, 5) is 10.7. The smallest absolute Gasteiger partial charge is 0.217 e. The fourth-order valence-electron chi connectivity index (χ4n) is 1.49. The van der Waals surface area contributed by atoms with Crippen LogP contribution >= 0.6 is 0 Å². The standard InChI is InChI=1S/C8H15NO6/c1-3(11)9-5-7(13)6(12)4(2-10)15-8(5)14/h4-8,10,12-14H,2H2,1H3,(H,9,11)/t4-,5+,6+,7+,8-/m1/s1. The fraction of sp³-hybridized carbons (Fsp3) is 0.875. The molecule has 0 aliphatic carbocycles. The van der Waals surface area contributed by atoms with E-state index in [0.29, 0.717) is 0 Å². The van der Waals surface area contributed by atoms with Gasteiger partial charge in [-0.3, -0.25) is 4.79 Å². The quantitative estimate of drug-likeness (QED) is 0.337. The lowest BCUT2D eigenvalue weighted by Gasteiger charge is -2.40. The summed E-state index contributed by atoms with van der Waals surface area (Å²) in [6.45, 7) is 0.687. The summed E-state index contributed by atoms with van der Waals surface area (Å²) in [7, 11) is 0. The Labute approximate surface area is 86.3 Å². The molecule has 0 spiro atoms. The number of hydrogen-bond acceptors (Lipinski definition) is 6. The Kier molecular flexibility index (Phi) is 4.00. The molecule has 7 nitrogen and oxygen atoms in total. The van der Waals surface area contributed by atoms with Gasteiger partial charge in [-0.05, 0) is 0 Å². The van der Waals surface area contributed by atoms with E-state index in [1.54, 1.807) is 0 Å². The van der Waals surface area contributed by atoms with Gasteiger partial charge in [-0.15, -0.1) is 0 Å². The number of ether oxygens (including phenoxy) is 1. The molecule has 1 fully saturated rings. The zero-order chi connectivity index (χ0) is 11.6.